The average Bonchev–Trinajstić information content (AvgIpc) is 2.61. The molecule has 0 spiro atoms. The number of nitrogens with zero attached hydrogens (tertiary/aromatic N) is 3. The Labute approximate surface area is 151 Å². The standard InChI is InChI=1S/C20H20N4O2/c1-13-6-7-14(2)16(11-13)17-8-9-19(26)24(23-17)12-18(25)22-20-15(3)5-4-10-21-20/h4-11H,12H2,1-3H3,(H,21,22,25). The number of benzene rings is 1. The molecule has 1 N–H and O–H groups in total. The molecule has 1 amide bonds. The van der Waals surface area contributed by atoms with Crippen LogP contribution < -0.4 is 10.9 Å². The Balaban J connectivity index is 1.86. The zero-order chi connectivity index (χ0) is 18.7. The Morgan fingerprint density at radius 3 is 2.65 bits per heavy atom. The highest BCUT2D eigenvalue weighted by Crippen LogP contribution is 2.21. The van der Waals surface area contributed by atoms with E-state index in [0.717, 1.165) is 22.3 Å². The average molecular weight is 348 g/mol. The maximum absolute atomic E-state index is 12.3. The monoisotopic (exact) mass is 348 g/mol. The molecule has 0 aliphatic carbocycles. The van der Waals surface area contributed by atoms with E-state index in [1.54, 1.807) is 18.3 Å². The van der Waals surface area contributed by atoms with Gasteiger partial charge in [-0.1, -0.05) is 23.8 Å². The van der Waals surface area contributed by atoms with Crippen molar-refractivity contribution in [3.63, 3.8) is 0 Å². The first-order valence-electron chi connectivity index (χ1n) is 8.31. The summed E-state index contributed by atoms with van der Waals surface area (Å²) in [4.78, 5) is 28.5. The summed E-state index contributed by atoms with van der Waals surface area (Å²) < 4.78 is 1.17. The van der Waals surface area contributed by atoms with Crippen molar-refractivity contribution in [3.05, 3.63) is 75.7 Å². The van der Waals surface area contributed by atoms with Gasteiger partial charge in [0.15, 0.2) is 0 Å². The van der Waals surface area contributed by atoms with Gasteiger partial charge in [-0.3, -0.25) is 9.59 Å². The maximum Gasteiger partial charge on any atom is 0.267 e. The van der Waals surface area contributed by atoms with Crippen LogP contribution in [0, 0.1) is 20.8 Å². The van der Waals surface area contributed by atoms with Crippen LogP contribution >= 0.6 is 0 Å². The lowest BCUT2D eigenvalue weighted by atomic mass is 10.0. The van der Waals surface area contributed by atoms with Crippen LogP contribution in [0.3, 0.4) is 0 Å². The fourth-order valence-electron chi connectivity index (χ4n) is 2.64. The first kappa shape index (κ1) is 17.5. The number of hydrogen-bond acceptors (Lipinski definition) is 4. The molecule has 3 rings (SSSR count). The number of anilines is 1. The summed E-state index contributed by atoms with van der Waals surface area (Å²) in [5.74, 6) is 0.135. The third kappa shape index (κ3) is 3.85. The van der Waals surface area contributed by atoms with Gasteiger partial charge in [-0.2, -0.15) is 5.10 Å². The van der Waals surface area contributed by atoms with E-state index in [4.69, 9.17) is 0 Å². The minimum absolute atomic E-state index is 0.173. The first-order valence-corrected chi connectivity index (χ1v) is 8.31. The topological polar surface area (TPSA) is 76.9 Å². The summed E-state index contributed by atoms with van der Waals surface area (Å²) in [7, 11) is 0. The molecule has 0 aliphatic rings. The molecule has 3 aromatic rings. The van der Waals surface area contributed by atoms with Gasteiger partial charge in [-0.25, -0.2) is 9.67 Å². The maximum atomic E-state index is 12.3. The summed E-state index contributed by atoms with van der Waals surface area (Å²) in [5, 5.41) is 7.09. The number of amides is 1. The van der Waals surface area contributed by atoms with Crippen molar-refractivity contribution in [3.8, 4) is 11.3 Å². The van der Waals surface area contributed by atoms with Crippen LogP contribution in [-0.2, 0) is 11.3 Å². The molecule has 6 heteroatoms. The molecule has 26 heavy (non-hydrogen) atoms. The summed E-state index contributed by atoms with van der Waals surface area (Å²) >= 11 is 0. The summed E-state index contributed by atoms with van der Waals surface area (Å²) in [6, 6.07) is 12.8. The molecule has 0 radical (unpaired) electrons. The molecule has 0 saturated heterocycles. The number of carbonyl (C=O) groups is 1. The molecule has 0 fully saturated rings. The normalized spacial score (nSPS) is 10.6. The Bertz CT molecular complexity index is 1020. The van der Waals surface area contributed by atoms with E-state index in [2.05, 4.69) is 15.4 Å². The molecular weight excluding hydrogens is 328 g/mol. The quantitative estimate of drug-likeness (QED) is 0.786. The zero-order valence-corrected chi connectivity index (χ0v) is 15.0. The van der Waals surface area contributed by atoms with Crippen molar-refractivity contribution >= 4 is 11.7 Å². The molecule has 0 unspecified atom stereocenters. The van der Waals surface area contributed by atoms with E-state index in [1.165, 1.54) is 10.7 Å². The molecule has 6 nitrogen and oxygen atoms in total. The number of pyridine rings is 1. The van der Waals surface area contributed by atoms with Gasteiger partial charge < -0.3 is 5.32 Å². The third-order valence-corrected chi connectivity index (χ3v) is 4.10. The molecule has 2 aromatic heterocycles. The summed E-state index contributed by atoms with van der Waals surface area (Å²) in [6.07, 6.45) is 1.61. The molecule has 0 bridgehead atoms. The second-order valence-corrected chi connectivity index (χ2v) is 6.25. The zero-order valence-electron chi connectivity index (χ0n) is 15.0. The van der Waals surface area contributed by atoms with Gasteiger partial charge in [0, 0.05) is 17.8 Å². The predicted octanol–water partition coefficient (Wildman–Crippen LogP) is 2.87. The van der Waals surface area contributed by atoms with Gasteiger partial charge in [0.05, 0.1) is 5.69 Å². The van der Waals surface area contributed by atoms with Crippen LogP contribution in [0.15, 0.2) is 53.5 Å². The van der Waals surface area contributed by atoms with Crippen LogP contribution in [0.1, 0.15) is 16.7 Å². The van der Waals surface area contributed by atoms with Crippen molar-refractivity contribution in [2.75, 3.05) is 5.32 Å². The lowest BCUT2D eigenvalue weighted by molar-refractivity contribution is -0.117. The Morgan fingerprint density at radius 1 is 1.08 bits per heavy atom. The number of aromatic nitrogens is 3. The van der Waals surface area contributed by atoms with E-state index >= 15 is 0 Å². The Kier molecular flexibility index (Phi) is 4.93. The minimum Gasteiger partial charge on any atom is -0.309 e. The SMILES string of the molecule is Cc1ccc(C)c(-c2ccc(=O)n(CC(=O)Nc3ncccc3C)n2)c1. The fraction of sp³-hybridized carbons (Fsp3) is 0.200. The minimum atomic E-state index is -0.348. The highest BCUT2D eigenvalue weighted by atomic mass is 16.2. The largest absolute Gasteiger partial charge is 0.309 e. The number of rotatable bonds is 4. The second-order valence-electron chi connectivity index (χ2n) is 6.25. The van der Waals surface area contributed by atoms with E-state index in [-0.39, 0.29) is 18.0 Å². The van der Waals surface area contributed by atoms with E-state index in [9.17, 15) is 9.59 Å². The number of carbonyl (C=O) groups excluding carboxylic acids is 1. The summed E-state index contributed by atoms with van der Waals surface area (Å²) in [5.41, 5.74) is 4.29. The van der Waals surface area contributed by atoms with Crippen LogP contribution in [0.5, 0.6) is 0 Å². The molecule has 0 atom stereocenters. The second kappa shape index (κ2) is 7.31. The number of hydrogen-bond donors (Lipinski definition) is 1. The van der Waals surface area contributed by atoms with E-state index < -0.39 is 0 Å². The fourth-order valence-corrected chi connectivity index (χ4v) is 2.64. The van der Waals surface area contributed by atoms with E-state index in [0.29, 0.717) is 11.5 Å². The highest BCUT2D eigenvalue weighted by Gasteiger charge is 2.11. The molecule has 1 aromatic carbocycles. The van der Waals surface area contributed by atoms with Crippen molar-refractivity contribution in [1.82, 2.24) is 14.8 Å². The van der Waals surface area contributed by atoms with E-state index in [1.807, 2.05) is 45.0 Å². The van der Waals surface area contributed by atoms with Gasteiger partial charge >= 0.3 is 0 Å². The van der Waals surface area contributed by atoms with Crippen LogP contribution in [-0.4, -0.2) is 20.7 Å². The first-order chi connectivity index (χ1) is 12.4. The van der Waals surface area contributed by atoms with Crippen molar-refractivity contribution in [2.24, 2.45) is 0 Å². The van der Waals surface area contributed by atoms with Crippen LogP contribution in [0.25, 0.3) is 11.3 Å². The van der Waals surface area contributed by atoms with Crippen molar-refractivity contribution < 1.29 is 4.79 Å². The molecule has 132 valence electrons. The van der Waals surface area contributed by atoms with Gasteiger partial charge in [0.2, 0.25) is 5.91 Å². The van der Waals surface area contributed by atoms with Gasteiger partial charge in [0.1, 0.15) is 12.4 Å². The molecular formula is C20H20N4O2. The lowest BCUT2D eigenvalue weighted by Crippen LogP contribution is -2.29. The molecule has 2 heterocycles. The number of aryl methyl sites for hydroxylation is 3. The van der Waals surface area contributed by atoms with Crippen molar-refractivity contribution in [1.29, 1.82) is 0 Å². The van der Waals surface area contributed by atoms with Gasteiger partial charge in [-0.15, -0.1) is 0 Å². The van der Waals surface area contributed by atoms with Gasteiger partial charge in [0.25, 0.3) is 5.56 Å². The highest BCUT2D eigenvalue weighted by molar-refractivity contribution is 5.90. The third-order valence-electron chi connectivity index (χ3n) is 4.10. The Morgan fingerprint density at radius 2 is 1.88 bits per heavy atom. The smallest absolute Gasteiger partial charge is 0.267 e. The summed E-state index contributed by atoms with van der Waals surface area (Å²) in [6.45, 7) is 5.67. The van der Waals surface area contributed by atoms with Gasteiger partial charge in [-0.05, 0) is 50.1 Å². The molecule has 0 saturated carbocycles. The predicted molar refractivity (Wildman–Crippen MR) is 101 cm³/mol. The van der Waals surface area contributed by atoms with Crippen LogP contribution in [0.2, 0.25) is 0 Å². The number of nitrogens with one attached hydrogen (secondary N) is 1. The molecule has 0 aliphatic heterocycles. The van der Waals surface area contributed by atoms with Crippen molar-refractivity contribution in [2.45, 2.75) is 27.3 Å². The Hall–Kier alpha value is -3.28. The van der Waals surface area contributed by atoms with Crippen LogP contribution in [0.4, 0.5) is 5.82 Å². The lowest BCUT2D eigenvalue weighted by Gasteiger charge is -2.10.